The van der Waals surface area contributed by atoms with Gasteiger partial charge in [0.2, 0.25) is 0 Å². The third-order valence-electron chi connectivity index (χ3n) is 3.95. The number of benzene rings is 2. The molecular weight excluding hydrogens is 268 g/mol. The second-order valence-electron chi connectivity index (χ2n) is 5.20. The summed E-state index contributed by atoms with van der Waals surface area (Å²) < 4.78 is 0. The maximum atomic E-state index is 6.14. The van der Waals surface area contributed by atoms with Crippen LogP contribution >= 0.6 is 11.6 Å². The Bertz CT molecular complexity index is 610. The molecular formula is C17H19ClN2. The molecule has 0 saturated carbocycles. The van der Waals surface area contributed by atoms with Crippen molar-refractivity contribution in [1.82, 2.24) is 0 Å². The SMILES string of the molecule is Cc1c(Cl)cccc1NCCN1CCc2ccccc21. The minimum atomic E-state index is 0.821. The summed E-state index contributed by atoms with van der Waals surface area (Å²) in [6.45, 7) is 5.11. The Kier molecular flexibility index (Phi) is 3.83. The van der Waals surface area contributed by atoms with Crippen LogP contribution in [0, 0.1) is 6.92 Å². The number of rotatable bonds is 4. The van der Waals surface area contributed by atoms with Gasteiger partial charge in [-0.05, 0) is 42.7 Å². The normalized spacial score (nSPS) is 13.4. The molecule has 0 fully saturated rings. The Morgan fingerprint density at radius 3 is 2.90 bits per heavy atom. The zero-order valence-electron chi connectivity index (χ0n) is 11.7. The number of anilines is 2. The van der Waals surface area contributed by atoms with E-state index in [0.29, 0.717) is 0 Å². The predicted molar refractivity (Wildman–Crippen MR) is 87.0 cm³/mol. The van der Waals surface area contributed by atoms with Gasteiger partial charge in [-0.15, -0.1) is 0 Å². The van der Waals surface area contributed by atoms with E-state index in [1.807, 2.05) is 12.1 Å². The van der Waals surface area contributed by atoms with Crippen LogP contribution in [0.2, 0.25) is 5.02 Å². The molecule has 0 atom stereocenters. The second kappa shape index (κ2) is 5.76. The van der Waals surface area contributed by atoms with Crippen LogP contribution in [0.25, 0.3) is 0 Å². The number of halogens is 1. The lowest BCUT2D eigenvalue weighted by molar-refractivity contribution is 0.838. The number of hydrogen-bond acceptors (Lipinski definition) is 2. The molecule has 1 aliphatic rings. The Balaban J connectivity index is 1.60. The van der Waals surface area contributed by atoms with Gasteiger partial charge in [-0.1, -0.05) is 35.9 Å². The molecule has 0 bridgehead atoms. The van der Waals surface area contributed by atoms with Gasteiger partial charge in [0.1, 0.15) is 0 Å². The first-order valence-electron chi connectivity index (χ1n) is 7.07. The van der Waals surface area contributed by atoms with E-state index in [0.717, 1.165) is 42.3 Å². The summed E-state index contributed by atoms with van der Waals surface area (Å²) >= 11 is 6.14. The van der Waals surface area contributed by atoms with Crippen LogP contribution in [-0.4, -0.2) is 19.6 Å². The molecule has 0 unspecified atom stereocenters. The summed E-state index contributed by atoms with van der Waals surface area (Å²) in [7, 11) is 0. The molecule has 0 saturated heterocycles. The standard InChI is InChI=1S/C17H19ClN2/c1-13-15(18)6-4-7-16(13)19-10-12-20-11-9-14-5-2-3-8-17(14)20/h2-8,19H,9-12H2,1H3. The molecule has 3 heteroatoms. The van der Waals surface area contributed by atoms with Crippen molar-refractivity contribution in [2.24, 2.45) is 0 Å². The molecule has 0 spiro atoms. The Morgan fingerprint density at radius 1 is 1.15 bits per heavy atom. The summed E-state index contributed by atoms with van der Waals surface area (Å²) in [6, 6.07) is 14.7. The fourth-order valence-corrected chi connectivity index (χ4v) is 2.94. The van der Waals surface area contributed by atoms with Gasteiger partial charge in [0.15, 0.2) is 0 Å². The summed E-state index contributed by atoms with van der Waals surface area (Å²) in [5.41, 5.74) is 5.10. The molecule has 0 aliphatic carbocycles. The molecule has 1 N–H and O–H groups in total. The average molecular weight is 287 g/mol. The van der Waals surface area contributed by atoms with Gasteiger partial charge in [0, 0.05) is 36.0 Å². The van der Waals surface area contributed by atoms with Crippen LogP contribution in [0.3, 0.4) is 0 Å². The van der Waals surface area contributed by atoms with Crippen LogP contribution in [0.4, 0.5) is 11.4 Å². The molecule has 2 nitrogen and oxygen atoms in total. The van der Waals surface area contributed by atoms with Crippen molar-refractivity contribution in [1.29, 1.82) is 0 Å². The zero-order chi connectivity index (χ0) is 13.9. The van der Waals surface area contributed by atoms with Crippen molar-refractivity contribution in [3.05, 3.63) is 58.6 Å². The minimum Gasteiger partial charge on any atom is -0.383 e. The first kappa shape index (κ1) is 13.3. The lowest BCUT2D eigenvalue weighted by Gasteiger charge is -2.20. The third-order valence-corrected chi connectivity index (χ3v) is 4.36. The van der Waals surface area contributed by atoms with Crippen molar-refractivity contribution in [2.45, 2.75) is 13.3 Å². The Labute approximate surface area is 125 Å². The third kappa shape index (κ3) is 2.61. The Hall–Kier alpha value is -1.67. The first-order chi connectivity index (χ1) is 9.75. The van der Waals surface area contributed by atoms with E-state index < -0.39 is 0 Å². The van der Waals surface area contributed by atoms with Gasteiger partial charge in [-0.3, -0.25) is 0 Å². The lowest BCUT2D eigenvalue weighted by atomic mass is 10.2. The maximum absolute atomic E-state index is 6.14. The van der Waals surface area contributed by atoms with E-state index in [-0.39, 0.29) is 0 Å². The molecule has 1 heterocycles. The fourth-order valence-electron chi connectivity index (χ4n) is 2.76. The van der Waals surface area contributed by atoms with Crippen molar-refractivity contribution < 1.29 is 0 Å². The highest BCUT2D eigenvalue weighted by atomic mass is 35.5. The van der Waals surface area contributed by atoms with Crippen molar-refractivity contribution in [3.8, 4) is 0 Å². The molecule has 0 aromatic heterocycles. The van der Waals surface area contributed by atoms with Crippen molar-refractivity contribution in [3.63, 3.8) is 0 Å². The zero-order valence-corrected chi connectivity index (χ0v) is 12.5. The monoisotopic (exact) mass is 286 g/mol. The van der Waals surface area contributed by atoms with Gasteiger partial charge in [0.05, 0.1) is 0 Å². The summed E-state index contributed by atoms with van der Waals surface area (Å²) in [5.74, 6) is 0. The van der Waals surface area contributed by atoms with E-state index in [9.17, 15) is 0 Å². The topological polar surface area (TPSA) is 15.3 Å². The van der Waals surface area contributed by atoms with E-state index in [1.54, 1.807) is 0 Å². The Morgan fingerprint density at radius 2 is 2.00 bits per heavy atom. The molecule has 104 valence electrons. The number of para-hydroxylation sites is 1. The van der Waals surface area contributed by atoms with Crippen LogP contribution in [0.5, 0.6) is 0 Å². The van der Waals surface area contributed by atoms with Crippen LogP contribution in [-0.2, 0) is 6.42 Å². The predicted octanol–water partition coefficient (Wildman–Crippen LogP) is 4.12. The summed E-state index contributed by atoms with van der Waals surface area (Å²) in [6.07, 6.45) is 1.16. The minimum absolute atomic E-state index is 0.821. The fraction of sp³-hybridized carbons (Fsp3) is 0.294. The van der Waals surface area contributed by atoms with Crippen molar-refractivity contribution in [2.75, 3.05) is 29.9 Å². The van der Waals surface area contributed by atoms with Gasteiger partial charge >= 0.3 is 0 Å². The number of nitrogens with zero attached hydrogens (tertiary/aromatic N) is 1. The average Bonchev–Trinajstić information content (AvgIpc) is 2.87. The number of fused-ring (bicyclic) bond motifs is 1. The smallest absolute Gasteiger partial charge is 0.0455 e. The molecule has 3 rings (SSSR count). The van der Waals surface area contributed by atoms with Gasteiger partial charge in [-0.25, -0.2) is 0 Å². The molecule has 20 heavy (non-hydrogen) atoms. The van der Waals surface area contributed by atoms with Crippen LogP contribution in [0.1, 0.15) is 11.1 Å². The molecule has 2 aromatic carbocycles. The highest BCUT2D eigenvalue weighted by molar-refractivity contribution is 6.31. The summed E-state index contributed by atoms with van der Waals surface area (Å²) in [5, 5.41) is 4.31. The lowest BCUT2D eigenvalue weighted by Crippen LogP contribution is -2.27. The van der Waals surface area contributed by atoms with E-state index in [1.165, 1.54) is 11.3 Å². The van der Waals surface area contributed by atoms with Gasteiger partial charge in [-0.2, -0.15) is 0 Å². The van der Waals surface area contributed by atoms with Crippen molar-refractivity contribution >= 4 is 23.0 Å². The molecule has 0 amide bonds. The second-order valence-corrected chi connectivity index (χ2v) is 5.61. The van der Waals surface area contributed by atoms with Crippen LogP contribution in [0.15, 0.2) is 42.5 Å². The van der Waals surface area contributed by atoms with E-state index in [2.05, 4.69) is 47.5 Å². The van der Waals surface area contributed by atoms with Crippen LogP contribution < -0.4 is 10.2 Å². The number of nitrogens with one attached hydrogen (secondary N) is 1. The largest absolute Gasteiger partial charge is 0.383 e. The molecule has 1 aliphatic heterocycles. The highest BCUT2D eigenvalue weighted by Gasteiger charge is 2.17. The van der Waals surface area contributed by atoms with Gasteiger partial charge < -0.3 is 10.2 Å². The summed E-state index contributed by atoms with van der Waals surface area (Å²) in [4.78, 5) is 2.45. The number of hydrogen-bond donors (Lipinski definition) is 1. The molecule has 2 aromatic rings. The van der Waals surface area contributed by atoms with E-state index in [4.69, 9.17) is 11.6 Å². The van der Waals surface area contributed by atoms with Gasteiger partial charge in [0.25, 0.3) is 0 Å². The first-order valence-corrected chi connectivity index (χ1v) is 7.45. The quantitative estimate of drug-likeness (QED) is 0.909. The highest BCUT2D eigenvalue weighted by Crippen LogP contribution is 2.27. The maximum Gasteiger partial charge on any atom is 0.0455 e. The van der Waals surface area contributed by atoms with E-state index >= 15 is 0 Å². The molecule has 0 radical (unpaired) electrons.